The maximum absolute atomic E-state index is 6.31. The van der Waals surface area contributed by atoms with Crippen LogP contribution in [0.3, 0.4) is 0 Å². The zero-order valence-electron chi connectivity index (χ0n) is 13.3. The summed E-state index contributed by atoms with van der Waals surface area (Å²) in [5.41, 5.74) is 9.11. The fraction of sp³-hybridized carbons (Fsp3) is 0.333. The second-order valence-electron chi connectivity index (χ2n) is 5.79. The number of piperazine rings is 1. The highest BCUT2D eigenvalue weighted by Crippen LogP contribution is 2.32. The molecular formula is C18H22ClN3O. The van der Waals surface area contributed by atoms with E-state index in [-0.39, 0.29) is 0 Å². The lowest BCUT2D eigenvalue weighted by atomic mass is 10.1. The Morgan fingerprint density at radius 3 is 2.35 bits per heavy atom. The van der Waals surface area contributed by atoms with Gasteiger partial charge in [-0.3, -0.25) is 4.90 Å². The van der Waals surface area contributed by atoms with Gasteiger partial charge in [-0.15, -0.1) is 0 Å². The molecule has 1 aliphatic heterocycles. The molecule has 0 aliphatic carbocycles. The number of hydrogen-bond acceptors (Lipinski definition) is 4. The average Bonchev–Trinajstić information content (AvgIpc) is 2.57. The van der Waals surface area contributed by atoms with Crippen LogP contribution in [0.2, 0.25) is 5.02 Å². The van der Waals surface area contributed by atoms with Crippen molar-refractivity contribution in [3.05, 3.63) is 53.1 Å². The molecule has 2 aromatic rings. The Balaban J connectivity index is 1.60. The molecule has 0 aromatic heterocycles. The van der Waals surface area contributed by atoms with Gasteiger partial charge in [0.1, 0.15) is 5.75 Å². The van der Waals surface area contributed by atoms with E-state index in [1.54, 1.807) is 7.11 Å². The molecule has 0 atom stereocenters. The van der Waals surface area contributed by atoms with Crippen molar-refractivity contribution in [2.45, 2.75) is 6.54 Å². The van der Waals surface area contributed by atoms with E-state index in [1.807, 2.05) is 30.3 Å². The summed E-state index contributed by atoms with van der Waals surface area (Å²) in [6.07, 6.45) is 0. The first-order valence-electron chi connectivity index (χ1n) is 7.81. The molecule has 1 saturated heterocycles. The predicted molar refractivity (Wildman–Crippen MR) is 96.3 cm³/mol. The van der Waals surface area contributed by atoms with Gasteiger partial charge in [-0.2, -0.15) is 0 Å². The molecule has 0 bridgehead atoms. The van der Waals surface area contributed by atoms with Crippen molar-refractivity contribution in [1.82, 2.24) is 4.90 Å². The number of methoxy groups -OCH3 is 1. The van der Waals surface area contributed by atoms with Gasteiger partial charge in [-0.05, 0) is 29.8 Å². The quantitative estimate of drug-likeness (QED) is 0.873. The van der Waals surface area contributed by atoms with Crippen molar-refractivity contribution < 1.29 is 4.74 Å². The lowest BCUT2D eigenvalue weighted by molar-refractivity contribution is 0.250. The number of rotatable bonds is 4. The minimum atomic E-state index is 0.730. The standard InChI is InChI=1S/C18H22ClN3O/c1-23-15-7-5-14(6-8-15)13-21-9-11-22(12-10-21)18-16(19)3-2-4-17(18)20/h2-8H,9-13,20H2,1H3. The van der Waals surface area contributed by atoms with Gasteiger partial charge in [-0.1, -0.05) is 29.8 Å². The Morgan fingerprint density at radius 2 is 1.74 bits per heavy atom. The number of hydrogen-bond donors (Lipinski definition) is 1. The molecule has 3 rings (SSSR count). The lowest BCUT2D eigenvalue weighted by Gasteiger charge is -2.37. The highest BCUT2D eigenvalue weighted by molar-refractivity contribution is 6.34. The summed E-state index contributed by atoms with van der Waals surface area (Å²) in [6.45, 7) is 4.82. The van der Waals surface area contributed by atoms with Crippen LogP contribution in [-0.2, 0) is 6.54 Å². The summed E-state index contributed by atoms with van der Waals surface area (Å²) >= 11 is 6.31. The second kappa shape index (κ2) is 7.11. The highest BCUT2D eigenvalue weighted by Gasteiger charge is 2.20. The third-order valence-electron chi connectivity index (χ3n) is 4.27. The van der Waals surface area contributed by atoms with Gasteiger partial charge < -0.3 is 15.4 Å². The molecule has 1 heterocycles. The summed E-state index contributed by atoms with van der Waals surface area (Å²) in [5.74, 6) is 0.896. The highest BCUT2D eigenvalue weighted by atomic mass is 35.5. The van der Waals surface area contributed by atoms with Gasteiger partial charge in [0, 0.05) is 32.7 Å². The molecule has 1 fully saturated rings. The van der Waals surface area contributed by atoms with E-state index in [2.05, 4.69) is 21.9 Å². The first-order valence-corrected chi connectivity index (χ1v) is 8.19. The number of halogens is 1. The average molecular weight is 332 g/mol. The SMILES string of the molecule is COc1ccc(CN2CCN(c3c(N)cccc3Cl)CC2)cc1. The minimum absolute atomic E-state index is 0.730. The number of ether oxygens (including phenoxy) is 1. The fourth-order valence-electron chi connectivity index (χ4n) is 2.98. The Hall–Kier alpha value is -1.91. The van der Waals surface area contributed by atoms with Crippen molar-refractivity contribution >= 4 is 23.0 Å². The summed E-state index contributed by atoms with van der Waals surface area (Å²) < 4.78 is 5.20. The molecule has 0 spiro atoms. The van der Waals surface area contributed by atoms with E-state index in [1.165, 1.54) is 5.56 Å². The van der Waals surface area contributed by atoms with Crippen LogP contribution in [0.4, 0.5) is 11.4 Å². The molecule has 1 aliphatic rings. The number of para-hydroxylation sites is 1. The molecule has 2 N–H and O–H groups in total. The molecule has 0 saturated carbocycles. The maximum atomic E-state index is 6.31. The van der Waals surface area contributed by atoms with Crippen LogP contribution in [0.25, 0.3) is 0 Å². The van der Waals surface area contributed by atoms with Crippen LogP contribution in [-0.4, -0.2) is 38.2 Å². The topological polar surface area (TPSA) is 41.7 Å². The van der Waals surface area contributed by atoms with Gasteiger partial charge in [0.25, 0.3) is 0 Å². The van der Waals surface area contributed by atoms with Crippen molar-refractivity contribution in [1.29, 1.82) is 0 Å². The second-order valence-corrected chi connectivity index (χ2v) is 6.20. The van der Waals surface area contributed by atoms with Gasteiger partial charge in [0.05, 0.1) is 23.5 Å². The van der Waals surface area contributed by atoms with E-state index >= 15 is 0 Å². The van der Waals surface area contributed by atoms with Crippen LogP contribution in [0.5, 0.6) is 5.75 Å². The largest absolute Gasteiger partial charge is 0.497 e. The molecule has 5 heteroatoms. The summed E-state index contributed by atoms with van der Waals surface area (Å²) in [6, 6.07) is 14.0. The van der Waals surface area contributed by atoms with Crippen LogP contribution >= 0.6 is 11.6 Å². The number of nitrogen functional groups attached to an aromatic ring is 1. The van der Waals surface area contributed by atoms with E-state index in [0.29, 0.717) is 0 Å². The van der Waals surface area contributed by atoms with Crippen LogP contribution in [0.1, 0.15) is 5.56 Å². The monoisotopic (exact) mass is 331 g/mol. The van der Waals surface area contributed by atoms with Crippen molar-refractivity contribution in [2.24, 2.45) is 0 Å². The number of benzene rings is 2. The van der Waals surface area contributed by atoms with Gasteiger partial charge >= 0.3 is 0 Å². The van der Waals surface area contributed by atoms with Crippen LogP contribution in [0, 0.1) is 0 Å². The Labute approximate surface area is 142 Å². The molecule has 122 valence electrons. The van der Waals surface area contributed by atoms with Gasteiger partial charge in [0.15, 0.2) is 0 Å². The third-order valence-corrected chi connectivity index (χ3v) is 4.58. The zero-order chi connectivity index (χ0) is 16.2. The van der Waals surface area contributed by atoms with E-state index in [9.17, 15) is 0 Å². The van der Waals surface area contributed by atoms with Crippen LogP contribution < -0.4 is 15.4 Å². The Bertz CT molecular complexity index is 632. The predicted octanol–water partition coefficient (Wildman–Crippen LogP) is 3.25. The molecular weight excluding hydrogens is 310 g/mol. The molecule has 4 nitrogen and oxygen atoms in total. The summed E-state index contributed by atoms with van der Waals surface area (Å²) in [4.78, 5) is 4.73. The first kappa shape index (κ1) is 16.0. The Kier molecular flexibility index (Phi) is 4.94. The van der Waals surface area contributed by atoms with E-state index < -0.39 is 0 Å². The lowest BCUT2D eigenvalue weighted by Crippen LogP contribution is -2.46. The summed E-state index contributed by atoms with van der Waals surface area (Å²) in [5, 5.41) is 0.730. The molecule has 23 heavy (non-hydrogen) atoms. The molecule has 0 unspecified atom stereocenters. The van der Waals surface area contributed by atoms with Crippen molar-refractivity contribution in [3.63, 3.8) is 0 Å². The zero-order valence-corrected chi connectivity index (χ0v) is 14.1. The van der Waals surface area contributed by atoms with Crippen LogP contribution in [0.15, 0.2) is 42.5 Å². The maximum Gasteiger partial charge on any atom is 0.118 e. The van der Waals surface area contributed by atoms with Crippen molar-refractivity contribution in [3.8, 4) is 5.75 Å². The smallest absolute Gasteiger partial charge is 0.118 e. The third kappa shape index (κ3) is 3.71. The number of nitrogens with zero attached hydrogens (tertiary/aromatic N) is 2. The molecule has 2 aromatic carbocycles. The minimum Gasteiger partial charge on any atom is -0.497 e. The number of nitrogens with two attached hydrogens (primary N) is 1. The van der Waals surface area contributed by atoms with E-state index in [0.717, 1.165) is 54.9 Å². The fourth-order valence-corrected chi connectivity index (χ4v) is 3.29. The normalized spacial score (nSPS) is 15.7. The molecule has 0 amide bonds. The van der Waals surface area contributed by atoms with Crippen molar-refractivity contribution in [2.75, 3.05) is 43.9 Å². The van der Waals surface area contributed by atoms with E-state index in [4.69, 9.17) is 22.1 Å². The van der Waals surface area contributed by atoms with Gasteiger partial charge in [-0.25, -0.2) is 0 Å². The Morgan fingerprint density at radius 1 is 1.04 bits per heavy atom. The van der Waals surface area contributed by atoms with Gasteiger partial charge in [0.2, 0.25) is 0 Å². The first-order chi connectivity index (χ1) is 11.2. The number of anilines is 2. The molecule has 0 radical (unpaired) electrons. The summed E-state index contributed by atoms with van der Waals surface area (Å²) in [7, 11) is 1.69.